The van der Waals surface area contributed by atoms with Gasteiger partial charge in [0.15, 0.2) is 0 Å². The summed E-state index contributed by atoms with van der Waals surface area (Å²) in [6, 6.07) is 8.55. The average Bonchev–Trinajstić information content (AvgIpc) is 2.75. The molecule has 1 N–H and O–H groups in total. The molecule has 1 aromatic rings. The number of hydrogen-bond acceptors (Lipinski definition) is 8. The Morgan fingerprint density at radius 2 is 1.87 bits per heavy atom. The molecular weight excluding hydrogens is 412 g/mol. The number of ether oxygens (including phenoxy) is 3. The van der Waals surface area contributed by atoms with Crippen molar-refractivity contribution in [2.24, 2.45) is 0 Å². The number of rotatable bonds is 8. The quantitative estimate of drug-likeness (QED) is 0.369. The Morgan fingerprint density at radius 3 is 2.60 bits per heavy atom. The normalized spacial score (nSPS) is 19.7. The van der Waals surface area contributed by atoms with Crippen molar-refractivity contribution in [3.63, 3.8) is 0 Å². The zero-order chi connectivity index (χ0) is 21.5. The van der Waals surface area contributed by atoms with E-state index in [-0.39, 0.29) is 49.1 Å². The molecule has 1 saturated heterocycles. The number of nitrogens with zero attached hydrogens (tertiary/aromatic N) is 1. The van der Waals surface area contributed by atoms with Gasteiger partial charge in [-0.15, -0.1) is 11.8 Å². The molecule has 2 heterocycles. The number of benzene rings is 1. The van der Waals surface area contributed by atoms with Crippen molar-refractivity contribution in [2.45, 2.75) is 24.8 Å². The van der Waals surface area contributed by atoms with Gasteiger partial charge in [0.05, 0.1) is 13.0 Å². The van der Waals surface area contributed by atoms with Crippen molar-refractivity contribution in [1.29, 1.82) is 0 Å². The molecule has 3 rings (SSSR count). The molecule has 0 aliphatic carbocycles. The van der Waals surface area contributed by atoms with Crippen LogP contribution in [0, 0.1) is 0 Å². The van der Waals surface area contributed by atoms with Crippen molar-refractivity contribution in [1.82, 2.24) is 10.2 Å². The SMILES string of the molecule is CCOC(=O)OCCOC(=O)C1=CCS[C@H]2C(NC(=O)Cc3ccccc3)C(=O)N12. The second kappa shape index (κ2) is 10.1. The Balaban J connectivity index is 1.48. The van der Waals surface area contributed by atoms with Crippen LogP contribution in [0.5, 0.6) is 0 Å². The van der Waals surface area contributed by atoms with Crippen LogP contribution in [0.25, 0.3) is 0 Å². The Labute approximate surface area is 177 Å². The van der Waals surface area contributed by atoms with E-state index in [1.807, 2.05) is 30.3 Å². The zero-order valence-corrected chi connectivity index (χ0v) is 17.2. The van der Waals surface area contributed by atoms with Gasteiger partial charge < -0.3 is 19.5 Å². The van der Waals surface area contributed by atoms with E-state index >= 15 is 0 Å². The predicted molar refractivity (Wildman–Crippen MR) is 107 cm³/mol. The van der Waals surface area contributed by atoms with E-state index in [9.17, 15) is 19.2 Å². The summed E-state index contributed by atoms with van der Waals surface area (Å²) < 4.78 is 14.4. The molecule has 0 saturated carbocycles. The molecule has 160 valence electrons. The van der Waals surface area contributed by atoms with Crippen LogP contribution in [-0.4, -0.2) is 65.8 Å². The van der Waals surface area contributed by atoms with E-state index in [1.54, 1.807) is 13.0 Å². The highest BCUT2D eigenvalue weighted by atomic mass is 32.2. The molecule has 2 atom stereocenters. The number of amides is 2. The summed E-state index contributed by atoms with van der Waals surface area (Å²) in [7, 11) is 0. The van der Waals surface area contributed by atoms with Gasteiger partial charge >= 0.3 is 12.1 Å². The van der Waals surface area contributed by atoms with Gasteiger partial charge in [-0.25, -0.2) is 9.59 Å². The van der Waals surface area contributed by atoms with Crippen LogP contribution in [0.2, 0.25) is 0 Å². The van der Waals surface area contributed by atoms with E-state index in [4.69, 9.17) is 9.47 Å². The second-order valence-corrected chi connectivity index (χ2v) is 7.55. The number of carbonyl (C=O) groups excluding carboxylic acids is 4. The molecule has 0 radical (unpaired) electrons. The van der Waals surface area contributed by atoms with Gasteiger partial charge in [-0.05, 0) is 18.6 Å². The highest BCUT2D eigenvalue weighted by Crippen LogP contribution is 2.37. The van der Waals surface area contributed by atoms with E-state index in [2.05, 4.69) is 10.1 Å². The fraction of sp³-hybridized carbons (Fsp3) is 0.400. The molecule has 0 bridgehead atoms. The first-order valence-electron chi connectivity index (χ1n) is 9.46. The summed E-state index contributed by atoms with van der Waals surface area (Å²) in [6.45, 7) is 1.52. The van der Waals surface area contributed by atoms with Crippen LogP contribution in [0.3, 0.4) is 0 Å². The highest BCUT2D eigenvalue weighted by Gasteiger charge is 2.52. The van der Waals surface area contributed by atoms with Gasteiger partial charge in [-0.3, -0.25) is 14.5 Å². The van der Waals surface area contributed by atoms with Crippen molar-refractivity contribution in [2.75, 3.05) is 25.6 Å². The molecule has 2 aliphatic rings. The minimum absolute atomic E-state index is 0.133. The summed E-state index contributed by atoms with van der Waals surface area (Å²) in [4.78, 5) is 49.6. The number of β-lactam (4-membered cyclic amide) rings is 1. The molecule has 9 nitrogen and oxygen atoms in total. The third-order valence-electron chi connectivity index (χ3n) is 4.38. The fourth-order valence-corrected chi connectivity index (χ4v) is 4.22. The predicted octanol–water partition coefficient (Wildman–Crippen LogP) is 1.23. The van der Waals surface area contributed by atoms with Gasteiger partial charge in [-0.2, -0.15) is 0 Å². The first kappa shape index (κ1) is 21.7. The molecule has 1 aromatic carbocycles. The van der Waals surface area contributed by atoms with E-state index in [0.29, 0.717) is 5.75 Å². The van der Waals surface area contributed by atoms with E-state index < -0.39 is 18.2 Å². The van der Waals surface area contributed by atoms with Gasteiger partial charge in [0, 0.05) is 5.75 Å². The number of thioether (sulfide) groups is 1. The molecule has 30 heavy (non-hydrogen) atoms. The van der Waals surface area contributed by atoms with E-state index in [1.165, 1.54) is 16.7 Å². The maximum absolute atomic E-state index is 12.6. The van der Waals surface area contributed by atoms with Crippen LogP contribution in [0.4, 0.5) is 4.79 Å². The van der Waals surface area contributed by atoms with Crippen LogP contribution >= 0.6 is 11.8 Å². The summed E-state index contributed by atoms with van der Waals surface area (Å²) in [5.41, 5.74) is 0.984. The standard InChI is InChI=1S/C20H22N2O7S/c1-2-27-20(26)29-10-9-28-19(25)14-8-11-30-18-16(17(24)22(14)18)21-15(23)12-13-6-4-3-5-7-13/h3-8,16,18H,2,9-12H2,1H3,(H,21,23)/t16?,18-/m0/s1. The third kappa shape index (κ3) is 5.12. The molecule has 2 aliphatic heterocycles. The second-order valence-electron chi connectivity index (χ2n) is 6.40. The Kier molecular flexibility index (Phi) is 7.34. The minimum Gasteiger partial charge on any atom is -0.457 e. The third-order valence-corrected chi connectivity index (χ3v) is 5.56. The zero-order valence-electron chi connectivity index (χ0n) is 16.4. The minimum atomic E-state index is -0.839. The van der Waals surface area contributed by atoms with Gasteiger partial charge in [0.1, 0.15) is 30.3 Å². The number of nitrogens with one attached hydrogen (secondary N) is 1. The Bertz CT molecular complexity index is 843. The number of fused-ring (bicyclic) bond motifs is 1. The number of esters is 1. The lowest BCUT2D eigenvalue weighted by atomic mass is 10.0. The van der Waals surface area contributed by atoms with Crippen molar-refractivity contribution in [3.8, 4) is 0 Å². The number of hydrogen-bond donors (Lipinski definition) is 1. The largest absolute Gasteiger partial charge is 0.508 e. The first-order chi connectivity index (χ1) is 14.5. The summed E-state index contributed by atoms with van der Waals surface area (Å²) in [6.07, 6.45) is 0.942. The monoisotopic (exact) mass is 434 g/mol. The maximum Gasteiger partial charge on any atom is 0.508 e. The molecular formula is C20H22N2O7S. The topological polar surface area (TPSA) is 111 Å². The van der Waals surface area contributed by atoms with Gasteiger partial charge in [0.25, 0.3) is 5.91 Å². The fourth-order valence-electron chi connectivity index (χ4n) is 3.03. The molecule has 0 spiro atoms. The highest BCUT2D eigenvalue weighted by molar-refractivity contribution is 8.00. The van der Waals surface area contributed by atoms with Crippen LogP contribution < -0.4 is 5.32 Å². The maximum atomic E-state index is 12.6. The molecule has 10 heteroatoms. The lowest BCUT2D eigenvalue weighted by Gasteiger charge is -2.48. The van der Waals surface area contributed by atoms with Crippen molar-refractivity contribution in [3.05, 3.63) is 47.7 Å². The Hall–Kier alpha value is -3.01. The smallest absolute Gasteiger partial charge is 0.457 e. The Morgan fingerprint density at radius 1 is 1.13 bits per heavy atom. The molecule has 2 amide bonds. The van der Waals surface area contributed by atoms with Crippen LogP contribution in [-0.2, 0) is 35.0 Å². The average molecular weight is 434 g/mol. The van der Waals surface area contributed by atoms with E-state index in [0.717, 1.165) is 5.56 Å². The lowest BCUT2D eigenvalue weighted by Crippen LogP contribution is -2.70. The summed E-state index contributed by atoms with van der Waals surface area (Å²) in [5, 5.41) is 2.39. The molecule has 1 fully saturated rings. The summed E-state index contributed by atoms with van der Waals surface area (Å²) >= 11 is 1.45. The van der Waals surface area contributed by atoms with Gasteiger partial charge in [0.2, 0.25) is 5.91 Å². The van der Waals surface area contributed by atoms with Crippen molar-refractivity contribution >= 4 is 35.7 Å². The summed E-state index contributed by atoms with van der Waals surface area (Å²) in [5.74, 6) is -0.798. The van der Waals surface area contributed by atoms with Crippen LogP contribution in [0.15, 0.2) is 42.1 Å². The van der Waals surface area contributed by atoms with Gasteiger partial charge in [-0.1, -0.05) is 30.3 Å². The van der Waals surface area contributed by atoms with Crippen LogP contribution in [0.1, 0.15) is 12.5 Å². The first-order valence-corrected chi connectivity index (χ1v) is 10.5. The molecule has 1 unspecified atom stereocenters. The lowest BCUT2D eigenvalue weighted by molar-refractivity contribution is -0.153. The molecule has 0 aromatic heterocycles. The number of carbonyl (C=O) groups is 4. The van der Waals surface area contributed by atoms with Crippen molar-refractivity contribution < 1.29 is 33.4 Å².